The first-order valence-corrected chi connectivity index (χ1v) is 13.4. The number of nitro benzene ring substituents is 1. The summed E-state index contributed by atoms with van der Waals surface area (Å²) in [6.07, 6.45) is 0.0663. The summed E-state index contributed by atoms with van der Waals surface area (Å²) < 4.78 is 59.0. The number of likely N-dealkylation sites (N-methyl/N-ethyl adjacent to an activating group) is 1. The van der Waals surface area contributed by atoms with Gasteiger partial charge in [0.1, 0.15) is 4.90 Å². The van der Waals surface area contributed by atoms with Crippen LogP contribution in [-0.2, 0) is 20.1 Å². The molecule has 0 aromatic heterocycles. The van der Waals surface area contributed by atoms with Gasteiger partial charge in [0.25, 0.3) is 15.8 Å². The second-order valence-corrected chi connectivity index (χ2v) is 11.2. The van der Waals surface area contributed by atoms with Crippen molar-refractivity contribution in [1.82, 2.24) is 9.21 Å². The van der Waals surface area contributed by atoms with Gasteiger partial charge in [0.15, 0.2) is 0 Å². The first-order valence-electron chi connectivity index (χ1n) is 9.19. The molecular weight excluding hydrogens is 504 g/mol. The van der Waals surface area contributed by atoms with Gasteiger partial charge in [-0.3, -0.25) is 14.7 Å². The van der Waals surface area contributed by atoms with Crippen LogP contribution in [0.4, 0.5) is 11.4 Å². The van der Waals surface area contributed by atoms with Gasteiger partial charge in [-0.2, -0.15) is 12.7 Å². The SMILES string of the molecule is CN1CCN(S(=O)(=O)c2cc([N+](=O)[O-])ccc2N(CCBr)CCCS(=O)(=O)O)CC1. The Morgan fingerprint density at radius 1 is 1.17 bits per heavy atom. The highest BCUT2D eigenvalue weighted by Gasteiger charge is 2.32. The predicted octanol–water partition coefficient (Wildman–Crippen LogP) is 1.01. The van der Waals surface area contributed by atoms with Crippen molar-refractivity contribution in [1.29, 1.82) is 0 Å². The van der Waals surface area contributed by atoms with Crippen molar-refractivity contribution in [2.24, 2.45) is 0 Å². The van der Waals surface area contributed by atoms with Gasteiger partial charge < -0.3 is 9.80 Å². The lowest BCUT2D eigenvalue weighted by atomic mass is 10.2. The minimum absolute atomic E-state index is 0.0663. The number of halogens is 1. The van der Waals surface area contributed by atoms with Crippen LogP contribution in [0.15, 0.2) is 23.1 Å². The lowest BCUT2D eigenvalue weighted by Crippen LogP contribution is -2.47. The number of hydrogen-bond acceptors (Lipinski definition) is 8. The van der Waals surface area contributed by atoms with Gasteiger partial charge in [0.05, 0.1) is 16.4 Å². The van der Waals surface area contributed by atoms with E-state index in [9.17, 15) is 26.9 Å². The number of nitrogens with zero attached hydrogens (tertiary/aromatic N) is 4. The number of piperazine rings is 1. The van der Waals surface area contributed by atoms with Crippen molar-refractivity contribution < 1.29 is 26.3 Å². The standard InChI is InChI=1S/C16H25BrN4O7S2/c1-18-8-10-20(11-9-18)30(27,28)16-13-14(21(22)23)3-4-15(16)19(7-5-17)6-2-12-29(24,25)26/h3-4,13H,2,5-12H2,1H3,(H,24,25,26). The van der Waals surface area contributed by atoms with Gasteiger partial charge in [-0.25, -0.2) is 8.42 Å². The molecule has 1 aromatic carbocycles. The van der Waals surface area contributed by atoms with Crippen molar-refractivity contribution in [2.45, 2.75) is 11.3 Å². The first kappa shape index (κ1) is 24.9. The molecule has 0 unspecified atom stereocenters. The Balaban J connectivity index is 2.45. The van der Waals surface area contributed by atoms with Crippen molar-refractivity contribution in [3.8, 4) is 0 Å². The van der Waals surface area contributed by atoms with Gasteiger partial charge in [0, 0.05) is 56.7 Å². The van der Waals surface area contributed by atoms with E-state index in [0.717, 1.165) is 6.07 Å². The Kier molecular flexibility index (Phi) is 8.59. The summed E-state index contributed by atoms with van der Waals surface area (Å²) in [5.74, 6) is -0.473. The molecule has 1 saturated heterocycles. The summed E-state index contributed by atoms with van der Waals surface area (Å²) in [6.45, 7) is 2.11. The average Bonchev–Trinajstić information content (AvgIpc) is 2.66. The molecule has 1 aliphatic heterocycles. The molecule has 0 atom stereocenters. The maximum absolute atomic E-state index is 13.3. The number of hydrogen-bond donors (Lipinski definition) is 1. The molecule has 11 nitrogen and oxygen atoms in total. The Hall–Kier alpha value is -1.32. The van der Waals surface area contributed by atoms with E-state index in [2.05, 4.69) is 15.9 Å². The maximum atomic E-state index is 13.3. The van der Waals surface area contributed by atoms with Crippen LogP contribution >= 0.6 is 15.9 Å². The molecule has 0 bridgehead atoms. The van der Waals surface area contributed by atoms with Gasteiger partial charge in [-0.15, -0.1) is 0 Å². The van der Waals surface area contributed by atoms with Crippen molar-refractivity contribution in [3.63, 3.8) is 0 Å². The van der Waals surface area contributed by atoms with E-state index in [1.54, 1.807) is 4.90 Å². The van der Waals surface area contributed by atoms with Crippen molar-refractivity contribution >= 4 is 47.4 Å². The van der Waals surface area contributed by atoms with Crippen LogP contribution in [0, 0.1) is 10.1 Å². The second-order valence-electron chi connectivity index (χ2n) is 6.93. The number of nitro groups is 1. The topological polar surface area (TPSA) is 141 Å². The van der Waals surface area contributed by atoms with Gasteiger partial charge in [-0.05, 0) is 19.5 Å². The fourth-order valence-corrected chi connectivity index (χ4v) is 5.72. The molecule has 0 saturated carbocycles. The highest BCUT2D eigenvalue weighted by atomic mass is 79.9. The molecule has 14 heteroatoms. The fourth-order valence-electron chi connectivity index (χ4n) is 3.14. The van der Waals surface area contributed by atoms with Crippen LogP contribution < -0.4 is 4.90 Å². The van der Waals surface area contributed by atoms with Crippen LogP contribution in [0.2, 0.25) is 0 Å². The van der Waals surface area contributed by atoms with Crippen LogP contribution in [0.3, 0.4) is 0 Å². The number of benzene rings is 1. The summed E-state index contributed by atoms with van der Waals surface area (Å²) in [5.41, 5.74) is -0.0857. The summed E-state index contributed by atoms with van der Waals surface area (Å²) >= 11 is 3.29. The number of sulfonamides is 1. The van der Waals surface area contributed by atoms with E-state index in [0.29, 0.717) is 25.0 Å². The van der Waals surface area contributed by atoms with E-state index in [4.69, 9.17) is 4.55 Å². The highest BCUT2D eigenvalue weighted by Crippen LogP contribution is 2.32. The molecule has 0 spiro atoms. The lowest BCUT2D eigenvalue weighted by Gasteiger charge is -2.33. The maximum Gasteiger partial charge on any atom is 0.270 e. The zero-order valence-corrected chi connectivity index (χ0v) is 19.7. The third kappa shape index (κ3) is 6.59. The molecule has 1 aliphatic rings. The van der Waals surface area contributed by atoms with E-state index < -0.39 is 30.8 Å². The summed E-state index contributed by atoms with van der Waals surface area (Å²) in [4.78, 5) is 14.1. The minimum Gasteiger partial charge on any atom is -0.370 e. The molecule has 0 aliphatic carbocycles. The van der Waals surface area contributed by atoms with Crippen LogP contribution in [0.1, 0.15) is 6.42 Å². The van der Waals surface area contributed by atoms with Crippen molar-refractivity contribution in [3.05, 3.63) is 28.3 Å². The minimum atomic E-state index is -4.15. The zero-order valence-electron chi connectivity index (χ0n) is 16.5. The molecule has 30 heavy (non-hydrogen) atoms. The smallest absolute Gasteiger partial charge is 0.270 e. The molecule has 1 fully saturated rings. The molecule has 0 radical (unpaired) electrons. The average molecular weight is 529 g/mol. The van der Waals surface area contributed by atoms with Crippen LogP contribution in [0.5, 0.6) is 0 Å². The first-order chi connectivity index (χ1) is 14.0. The zero-order chi connectivity index (χ0) is 22.5. The van der Waals surface area contributed by atoms with Crippen LogP contribution in [0.25, 0.3) is 0 Å². The number of non-ortho nitro benzene ring substituents is 1. The van der Waals surface area contributed by atoms with Crippen molar-refractivity contribution in [2.75, 3.05) is 62.3 Å². The normalized spacial score (nSPS) is 16.5. The summed E-state index contributed by atoms with van der Waals surface area (Å²) in [5, 5.41) is 11.7. The van der Waals surface area contributed by atoms with E-state index in [1.807, 2.05) is 11.9 Å². The third-order valence-corrected chi connectivity index (χ3v) is 7.85. The Morgan fingerprint density at radius 3 is 2.33 bits per heavy atom. The third-order valence-electron chi connectivity index (χ3n) is 4.76. The van der Waals surface area contributed by atoms with E-state index >= 15 is 0 Å². The molecule has 170 valence electrons. The number of rotatable bonds is 10. The largest absolute Gasteiger partial charge is 0.370 e. The molecular formula is C16H25BrN4O7S2. The van der Waals surface area contributed by atoms with Gasteiger partial charge >= 0.3 is 0 Å². The van der Waals surface area contributed by atoms with E-state index in [1.165, 1.54) is 16.4 Å². The Bertz CT molecular complexity index is 964. The van der Waals surface area contributed by atoms with Gasteiger partial charge in [-0.1, -0.05) is 15.9 Å². The fraction of sp³-hybridized carbons (Fsp3) is 0.625. The monoisotopic (exact) mass is 528 g/mol. The van der Waals surface area contributed by atoms with Gasteiger partial charge in [0.2, 0.25) is 10.0 Å². The molecule has 1 aromatic rings. The Morgan fingerprint density at radius 2 is 1.80 bits per heavy atom. The highest BCUT2D eigenvalue weighted by molar-refractivity contribution is 9.09. The lowest BCUT2D eigenvalue weighted by molar-refractivity contribution is -0.385. The molecule has 2 rings (SSSR count). The second kappa shape index (κ2) is 10.3. The van der Waals surface area contributed by atoms with Crippen LogP contribution in [-0.4, -0.2) is 92.9 Å². The molecule has 1 heterocycles. The number of alkyl halides is 1. The van der Waals surface area contributed by atoms with E-state index in [-0.39, 0.29) is 42.3 Å². The Labute approximate surface area is 184 Å². The predicted molar refractivity (Wildman–Crippen MR) is 116 cm³/mol. The quantitative estimate of drug-likeness (QED) is 0.203. The summed E-state index contributed by atoms with van der Waals surface area (Å²) in [7, 11) is -6.28. The summed E-state index contributed by atoms with van der Waals surface area (Å²) in [6, 6.07) is 3.65. The molecule has 0 amide bonds. The molecule has 1 N–H and O–H groups in total. The number of anilines is 1.